The van der Waals surface area contributed by atoms with E-state index in [4.69, 9.17) is 5.11 Å². The Kier molecular flexibility index (Phi) is 3.91. The molecule has 1 N–H and O–H groups in total. The molecule has 2 aromatic rings. The molecule has 0 aliphatic carbocycles. The molecule has 0 spiro atoms. The van der Waals surface area contributed by atoms with Crippen LogP contribution in [0.5, 0.6) is 0 Å². The molecular weight excluding hydrogens is 248 g/mol. The number of thioether (sulfide) groups is 1. The second-order valence-corrected chi connectivity index (χ2v) is 5.06. The Morgan fingerprint density at radius 1 is 1.56 bits per heavy atom. The fourth-order valence-electron chi connectivity index (χ4n) is 2.11. The number of carbonyl (C=O) groups is 1. The summed E-state index contributed by atoms with van der Waals surface area (Å²) in [6, 6.07) is 5.65. The highest BCUT2D eigenvalue weighted by atomic mass is 32.2. The highest BCUT2D eigenvalue weighted by Crippen LogP contribution is 2.24. The average molecular weight is 264 g/mol. The van der Waals surface area contributed by atoms with Crippen LogP contribution in [-0.4, -0.2) is 32.6 Å². The minimum Gasteiger partial charge on any atom is -0.478 e. The van der Waals surface area contributed by atoms with Gasteiger partial charge in [-0.1, -0.05) is 13.0 Å². The predicted octanol–water partition coefficient (Wildman–Crippen LogP) is 3.05. The number of benzene rings is 1. The van der Waals surface area contributed by atoms with Crippen LogP contribution in [0.4, 0.5) is 0 Å². The molecule has 0 aliphatic rings. The van der Waals surface area contributed by atoms with Gasteiger partial charge in [0.2, 0.25) is 0 Å². The molecule has 1 atom stereocenters. The van der Waals surface area contributed by atoms with Gasteiger partial charge in [-0.3, -0.25) is 0 Å². The van der Waals surface area contributed by atoms with Crippen molar-refractivity contribution in [3.63, 3.8) is 0 Å². The van der Waals surface area contributed by atoms with Crippen molar-refractivity contribution in [3.05, 3.63) is 30.1 Å². The van der Waals surface area contributed by atoms with Crippen molar-refractivity contribution >= 4 is 28.8 Å². The summed E-state index contributed by atoms with van der Waals surface area (Å²) in [5.41, 5.74) is 1.74. The number of para-hydroxylation sites is 1. The van der Waals surface area contributed by atoms with Gasteiger partial charge in [-0.05, 0) is 24.8 Å². The van der Waals surface area contributed by atoms with Gasteiger partial charge < -0.3 is 9.67 Å². The standard InChI is InChI=1S/C13H16N2O2S/c1-3-9(7-18-2)15-8-14-12-10(13(16)17)5-4-6-11(12)15/h4-6,8-9H,3,7H2,1-2H3,(H,16,17). The van der Waals surface area contributed by atoms with Gasteiger partial charge in [0, 0.05) is 11.8 Å². The van der Waals surface area contributed by atoms with E-state index in [2.05, 4.69) is 22.7 Å². The summed E-state index contributed by atoms with van der Waals surface area (Å²) in [5.74, 6) is 0.0722. The molecule has 2 rings (SSSR count). The van der Waals surface area contributed by atoms with E-state index in [1.54, 1.807) is 30.2 Å². The summed E-state index contributed by atoms with van der Waals surface area (Å²) in [5, 5.41) is 9.14. The zero-order valence-corrected chi connectivity index (χ0v) is 11.3. The average Bonchev–Trinajstić information content (AvgIpc) is 2.79. The first-order valence-corrected chi connectivity index (χ1v) is 7.26. The van der Waals surface area contributed by atoms with Crippen molar-refractivity contribution in [1.82, 2.24) is 9.55 Å². The summed E-state index contributed by atoms with van der Waals surface area (Å²) in [7, 11) is 0. The third-order valence-electron chi connectivity index (χ3n) is 3.06. The number of fused-ring (bicyclic) bond motifs is 1. The van der Waals surface area contributed by atoms with Gasteiger partial charge in [0.05, 0.1) is 17.4 Å². The summed E-state index contributed by atoms with van der Waals surface area (Å²) in [6.07, 6.45) is 4.83. The highest BCUT2D eigenvalue weighted by Gasteiger charge is 2.16. The lowest BCUT2D eigenvalue weighted by Crippen LogP contribution is -2.09. The molecule has 0 radical (unpaired) electrons. The second kappa shape index (κ2) is 5.44. The first-order chi connectivity index (χ1) is 8.69. The quantitative estimate of drug-likeness (QED) is 0.901. The summed E-state index contributed by atoms with van der Waals surface area (Å²) in [4.78, 5) is 15.4. The van der Waals surface area contributed by atoms with Gasteiger partial charge in [0.1, 0.15) is 5.52 Å². The van der Waals surface area contributed by atoms with E-state index in [9.17, 15) is 4.79 Å². The number of aromatic carboxylic acids is 1. The Hall–Kier alpha value is -1.49. The zero-order chi connectivity index (χ0) is 13.1. The number of rotatable bonds is 5. The van der Waals surface area contributed by atoms with E-state index in [1.807, 2.05) is 6.07 Å². The molecular formula is C13H16N2O2S. The number of carboxylic acid groups (broad SMARTS) is 1. The fraction of sp³-hybridized carbons (Fsp3) is 0.385. The first kappa shape index (κ1) is 13.0. The Morgan fingerprint density at radius 3 is 2.94 bits per heavy atom. The van der Waals surface area contributed by atoms with Crippen LogP contribution in [0.2, 0.25) is 0 Å². The highest BCUT2D eigenvalue weighted by molar-refractivity contribution is 7.98. The molecule has 0 bridgehead atoms. The molecule has 0 saturated heterocycles. The molecule has 0 saturated carbocycles. The molecule has 4 nitrogen and oxygen atoms in total. The Labute approximate surface area is 110 Å². The van der Waals surface area contributed by atoms with Gasteiger partial charge in [0.25, 0.3) is 0 Å². The van der Waals surface area contributed by atoms with Gasteiger partial charge >= 0.3 is 5.97 Å². The molecule has 0 fully saturated rings. The number of carboxylic acids is 1. The molecule has 5 heteroatoms. The van der Waals surface area contributed by atoms with Crippen LogP contribution in [0.1, 0.15) is 29.7 Å². The largest absolute Gasteiger partial charge is 0.478 e. The van der Waals surface area contributed by atoms with E-state index in [1.165, 1.54) is 0 Å². The van der Waals surface area contributed by atoms with Gasteiger partial charge in [0.15, 0.2) is 0 Å². The van der Waals surface area contributed by atoms with Gasteiger partial charge in [-0.25, -0.2) is 9.78 Å². The molecule has 0 aliphatic heterocycles. The summed E-state index contributed by atoms with van der Waals surface area (Å²) in [6.45, 7) is 2.13. The maximum Gasteiger partial charge on any atom is 0.337 e. The van der Waals surface area contributed by atoms with Crippen LogP contribution in [0.15, 0.2) is 24.5 Å². The van der Waals surface area contributed by atoms with Crippen LogP contribution in [0.25, 0.3) is 11.0 Å². The summed E-state index contributed by atoms with van der Waals surface area (Å²) >= 11 is 1.79. The van der Waals surface area contributed by atoms with E-state index < -0.39 is 5.97 Å². The summed E-state index contributed by atoms with van der Waals surface area (Å²) < 4.78 is 2.08. The van der Waals surface area contributed by atoms with E-state index in [0.717, 1.165) is 17.7 Å². The molecule has 1 aromatic heterocycles. The molecule has 96 valence electrons. The van der Waals surface area contributed by atoms with Crippen molar-refractivity contribution in [1.29, 1.82) is 0 Å². The normalized spacial score (nSPS) is 12.8. The minimum atomic E-state index is -0.927. The van der Waals surface area contributed by atoms with Crippen molar-refractivity contribution in [2.45, 2.75) is 19.4 Å². The smallest absolute Gasteiger partial charge is 0.337 e. The van der Waals surface area contributed by atoms with Crippen molar-refractivity contribution in [2.24, 2.45) is 0 Å². The van der Waals surface area contributed by atoms with Crippen LogP contribution in [0.3, 0.4) is 0 Å². The molecule has 18 heavy (non-hydrogen) atoms. The number of hydrogen-bond acceptors (Lipinski definition) is 3. The van der Waals surface area contributed by atoms with Crippen molar-refractivity contribution in [2.75, 3.05) is 12.0 Å². The Morgan fingerprint density at radius 2 is 2.33 bits per heavy atom. The van der Waals surface area contributed by atoms with Crippen LogP contribution >= 0.6 is 11.8 Å². The van der Waals surface area contributed by atoms with Gasteiger partial charge in [-0.2, -0.15) is 11.8 Å². The van der Waals surface area contributed by atoms with Gasteiger partial charge in [-0.15, -0.1) is 0 Å². The molecule has 1 aromatic carbocycles. The van der Waals surface area contributed by atoms with E-state index in [-0.39, 0.29) is 5.56 Å². The number of aromatic nitrogens is 2. The van der Waals surface area contributed by atoms with E-state index >= 15 is 0 Å². The number of hydrogen-bond donors (Lipinski definition) is 1. The molecule has 1 heterocycles. The molecule has 0 amide bonds. The number of imidazole rings is 1. The third kappa shape index (κ3) is 2.22. The maximum absolute atomic E-state index is 11.1. The predicted molar refractivity (Wildman–Crippen MR) is 74.4 cm³/mol. The minimum absolute atomic E-state index is 0.269. The number of nitrogens with zero attached hydrogens (tertiary/aromatic N) is 2. The third-order valence-corrected chi connectivity index (χ3v) is 3.78. The maximum atomic E-state index is 11.1. The van der Waals surface area contributed by atoms with Crippen LogP contribution < -0.4 is 0 Å². The second-order valence-electron chi connectivity index (χ2n) is 4.15. The molecule has 1 unspecified atom stereocenters. The zero-order valence-electron chi connectivity index (χ0n) is 10.5. The lowest BCUT2D eigenvalue weighted by atomic mass is 10.1. The first-order valence-electron chi connectivity index (χ1n) is 5.86. The van der Waals surface area contributed by atoms with E-state index in [0.29, 0.717) is 11.6 Å². The lowest BCUT2D eigenvalue weighted by Gasteiger charge is -2.16. The monoisotopic (exact) mass is 264 g/mol. The van der Waals surface area contributed by atoms with Crippen LogP contribution in [0, 0.1) is 0 Å². The Balaban J connectivity index is 2.54. The topological polar surface area (TPSA) is 55.1 Å². The van der Waals surface area contributed by atoms with Crippen molar-refractivity contribution in [3.8, 4) is 0 Å². The lowest BCUT2D eigenvalue weighted by molar-refractivity contribution is 0.0699. The van der Waals surface area contributed by atoms with Crippen molar-refractivity contribution < 1.29 is 9.90 Å². The Bertz CT molecular complexity index is 565. The van der Waals surface area contributed by atoms with Crippen LogP contribution in [-0.2, 0) is 0 Å². The fourth-order valence-corrected chi connectivity index (χ4v) is 2.89. The SMILES string of the molecule is CCC(CSC)n1cnc2c(C(=O)O)cccc21.